The van der Waals surface area contributed by atoms with Gasteiger partial charge in [0, 0.05) is 17.5 Å². The number of amidine groups is 1. The quantitative estimate of drug-likeness (QED) is 0.341. The van der Waals surface area contributed by atoms with Crippen molar-refractivity contribution in [2.24, 2.45) is 4.99 Å². The standard InChI is InChI=1S/C22H27F5N2O3Si/c1-20(2,3)32-19(30)28-18-29-21(13-23,12-17(31-18)22(25,26)27)15-11-14(7-8-16(15)24)9-10-33(4,5)6/h7-8,11,17H,12-13H2,1-6H3,(H,28,29,30)/t17-,21+/m0/s1. The number of halogens is 5. The van der Waals surface area contributed by atoms with Gasteiger partial charge in [0.2, 0.25) is 0 Å². The first-order chi connectivity index (χ1) is 14.9. The molecule has 1 aromatic carbocycles. The van der Waals surface area contributed by atoms with E-state index in [0.717, 1.165) is 6.07 Å². The molecule has 182 valence electrons. The molecule has 33 heavy (non-hydrogen) atoms. The summed E-state index contributed by atoms with van der Waals surface area (Å²) in [6.07, 6.45) is -9.63. The van der Waals surface area contributed by atoms with Crippen LogP contribution in [-0.4, -0.2) is 44.7 Å². The Kier molecular flexibility index (Phi) is 7.53. The number of rotatable bonds is 2. The van der Waals surface area contributed by atoms with Gasteiger partial charge in [0.25, 0.3) is 6.02 Å². The molecule has 1 aromatic rings. The van der Waals surface area contributed by atoms with E-state index in [1.807, 2.05) is 25.0 Å². The highest BCUT2D eigenvalue weighted by Gasteiger charge is 2.52. The minimum absolute atomic E-state index is 0.313. The summed E-state index contributed by atoms with van der Waals surface area (Å²) < 4.78 is 79.7. The highest BCUT2D eigenvalue weighted by atomic mass is 28.3. The number of alkyl halides is 4. The Morgan fingerprint density at radius 2 is 1.94 bits per heavy atom. The highest BCUT2D eigenvalue weighted by molar-refractivity contribution is 6.83. The minimum Gasteiger partial charge on any atom is -0.452 e. The van der Waals surface area contributed by atoms with Gasteiger partial charge in [-0.15, -0.1) is 5.54 Å². The Hall–Kier alpha value is -2.61. The van der Waals surface area contributed by atoms with E-state index in [1.165, 1.54) is 12.1 Å². The van der Waals surface area contributed by atoms with Gasteiger partial charge < -0.3 is 9.47 Å². The third-order valence-corrected chi connectivity index (χ3v) is 5.21. The summed E-state index contributed by atoms with van der Waals surface area (Å²) in [5.41, 5.74) is -0.280. The van der Waals surface area contributed by atoms with Crippen molar-refractivity contribution in [2.45, 2.75) is 70.3 Å². The van der Waals surface area contributed by atoms with Crippen LogP contribution in [0.2, 0.25) is 19.6 Å². The zero-order chi connectivity index (χ0) is 25.2. The fourth-order valence-electron chi connectivity index (χ4n) is 2.93. The molecule has 1 N–H and O–H groups in total. The second-order valence-corrected chi connectivity index (χ2v) is 14.5. The van der Waals surface area contributed by atoms with Crippen molar-refractivity contribution >= 4 is 20.2 Å². The summed E-state index contributed by atoms with van der Waals surface area (Å²) in [7, 11) is -1.81. The van der Waals surface area contributed by atoms with Crippen LogP contribution in [-0.2, 0) is 15.0 Å². The first-order valence-electron chi connectivity index (χ1n) is 10.2. The molecule has 11 heteroatoms. The molecular weight excluding hydrogens is 463 g/mol. The lowest BCUT2D eigenvalue weighted by molar-refractivity contribution is -0.209. The minimum atomic E-state index is -4.93. The summed E-state index contributed by atoms with van der Waals surface area (Å²) in [5, 5.41) is 1.97. The van der Waals surface area contributed by atoms with E-state index in [-0.39, 0.29) is 0 Å². The van der Waals surface area contributed by atoms with E-state index in [9.17, 15) is 26.7 Å². The molecule has 0 radical (unpaired) electrons. The fourth-order valence-corrected chi connectivity index (χ4v) is 3.45. The summed E-state index contributed by atoms with van der Waals surface area (Å²) in [6, 6.07) is 2.65. The van der Waals surface area contributed by atoms with E-state index in [0.29, 0.717) is 5.56 Å². The Morgan fingerprint density at radius 3 is 2.45 bits per heavy atom. The van der Waals surface area contributed by atoms with Crippen LogP contribution in [0.15, 0.2) is 23.2 Å². The van der Waals surface area contributed by atoms with Crippen molar-refractivity contribution in [1.82, 2.24) is 5.32 Å². The maximum atomic E-state index is 14.8. The molecule has 0 aliphatic carbocycles. The second kappa shape index (κ2) is 9.33. The van der Waals surface area contributed by atoms with Crippen molar-refractivity contribution in [3.8, 4) is 11.5 Å². The van der Waals surface area contributed by atoms with Crippen LogP contribution in [0.25, 0.3) is 0 Å². The molecule has 0 saturated heterocycles. The molecular formula is C22H27F5N2O3Si. The summed E-state index contributed by atoms with van der Waals surface area (Å²) in [4.78, 5) is 15.9. The average molecular weight is 491 g/mol. The lowest BCUT2D eigenvalue weighted by Crippen LogP contribution is -2.51. The number of benzene rings is 1. The van der Waals surface area contributed by atoms with Crippen LogP contribution < -0.4 is 5.32 Å². The number of alkyl carbamates (subject to hydrolysis) is 1. The molecule has 0 unspecified atom stereocenters. The van der Waals surface area contributed by atoms with Gasteiger partial charge in [0.1, 0.15) is 31.7 Å². The van der Waals surface area contributed by atoms with Crippen LogP contribution in [0.5, 0.6) is 0 Å². The molecule has 0 spiro atoms. The number of carbonyl (C=O) groups excluding carboxylic acids is 1. The summed E-state index contributed by atoms with van der Waals surface area (Å²) in [5.74, 6) is 1.92. The molecule has 1 aliphatic rings. The molecule has 2 atom stereocenters. The molecule has 5 nitrogen and oxygen atoms in total. The Labute approximate surface area is 190 Å². The molecule has 1 aliphatic heterocycles. The Bertz CT molecular complexity index is 987. The molecule has 2 rings (SSSR count). The molecule has 0 saturated carbocycles. The van der Waals surface area contributed by atoms with Gasteiger partial charge in [0.05, 0.1) is 0 Å². The highest BCUT2D eigenvalue weighted by Crippen LogP contribution is 2.42. The van der Waals surface area contributed by atoms with E-state index in [2.05, 4.69) is 16.5 Å². The van der Waals surface area contributed by atoms with Gasteiger partial charge in [-0.25, -0.2) is 23.9 Å². The number of amides is 1. The van der Waals surface area contributed by atoms with Gasteiger partial charge in [-0.2, -0.15) is 13.2 Å². The molecule has 1 amide bonds. The molecule has 0 fully saturated rings. The monoisotopic (exact) mass is 490 g/mol. The van der Waals surface area contributed by atoms with Crippen LogP contribution in [0.3, 0.4) is 0 Å². The number of hydrogen-bond acceptors (Lipinski definition) is 4. The topological polar surface area (TPSA) is 59.9 Å². The maximum Gasteiger partial charge on any atom is 0.425 e. The van der Waals surface area contributed by atoms with Crippen LogP contribution in [0.4, 0.5) is 26.7 Å². The van der Waals surface area contributed by atoms with E-state index >= 15 is 0 Å². The van der Waals surface area contributed by atoms with Crippen molar-refractivity contribution in [2.75, 3.05) is 6.67 Å². The van der Waals surface area contributed by atoms with Gasteiger partial charge in [-0.1, -0.05) is 25.6 Å². The summed E-state index contributed by atoms with van der Waals surface area (Å²) >= 11 is 0. The summed E-state index contributed by atoms with van der Waals surface area (Å²) in [6.45, 7) is 9.12. The average Bonchev–Trinajstić information content (AvgIpc) is 2.64. The van der Waals surface area contributed by atoms with Crippen LogP contribution in [0.1, 0.15) is 38.3 Å². The predicted octanol–water partition coefficient (Wildman–Crippen LogP) is 5.45. The van der Waals surface area contributed by atoms with E-state index in [4.69, 9.17) is 9.47 Å². The van der Waals surface area contributed by atoms with E-state index < -0.39 is 68.1 Å². The van der Waals surface area contributed by atoms with Crippen LogP contribution >= 0.6 is 0 Å². The van der Waals surface area contributed by atoms with Gasteiger partial charge >= 0.3 is 12.3 Å². The number of aliphatic imine (C=N–C) groups is 1. The third-order valence-electron chi connectivity index (χ3n) is 4.34. The lowest BCUT2D eigenvalue weighted by atomic mass is 9.84. The Balaban J connectivity index is 2.58. The smallest absolute Gasteiger partial charge is 0.425 e. The van der Waals surface area contributed by atoms with E-state index in [1.54, 1.807) is 20.8 Å². The first-order valence-corrected chi connectivity index (χ1v) is 13.7. The largest absolute Gasteiger partial charge is 0.452 e. The van der Waals surface area contributed by atoms with Gasteiger partial charge in [-0.05, 0) is 39.0 Å². The molecule has 1 heterocycles. The third kappa shape index (κ3) is 7.45. The van der Waals surface area contributed by atoms with Crippen molar-refractivity contribution in [3.63, 3.8) is 0 Å². The number of carbonyl (C=O) groups is 1. The molecule has 0 aromatic heterocycles. The number of hydrogen-bond donors (Lipinski definition) is 1. The lowest BCUT2D eigenvalue weighted by Gasteiger charge is -2.37. The first kappa shape index (κ1) is 26.6. The number of ether oxygens (including phenoxy) is 2. The second-order valence-electron chi connectivity index (χ2n) is 9.76. The SMILES string of the molecule is CC(C)(C)OC(=O)NC1=N[C@](CF)(c2cc(C#C[Si](C)(C)C)ccc2F)C[C@@H](C(F)(F)F)O1. The normalized spacial score (nSPS) is 21.3. The maximum absolute atomic E-state index is 14.8. The van der Waals surface area contributed by atoms with Gasteiger partial charge in [-0.3, -0.25) is 0 Å². The zero-order valence-electron chi connectivity index (χ0n) is 19.3. The fraction of sp³-hybridized carbons (Fsp3) is 0.545. The van der Waals surface area contributed by atoms with Crippen molar-refractivity contribution in [1.29, 1.82) is 0 Å². The van der Waals surface area contributed by atoms with Crippen molar-refractivity contribution in [3.05, 3.63) is 35.1 Å². The van der Waals surface area contributed by atoms with Crippen molar-refractivity contribution < 1.29 is 36.2 Å². The number of nitrogens with zero attached hydrogens (tertiary/aromatic N) is 1. The predicted molar refractivity (Wildman–Crippen MR) is 117 cm³/mol. The number of nitrogens with one attached hydrogen (secondary N) is 1. The van der Waals surface area contributed by atoms with Crippen LogP contribution in [0, 0.1) is 17.3 Å². The molecule has 0 bridgehead atoms. The Morgan fingerprint density at radius 1 is 1.30 bits per heavy atom. The zero-order valence-corrected chi connectivity index (χ0v) is 20.3. The van der Waals surface area contributed by atoms with Gasteiger partial charge in [0.15, 0.2) is 6.10 Å².